The summed E-state index contributed by atoms with van der Waals surface area (Å²) in [6.45, 7) is 6.71. The van der Waals surface area contributed by atoms with Crippen molar-refractivity contribution in [2.75, 3.05) is 5.73 Å². The van der Waals surface area contributed by atoms with Gasteiger partial charge in [0.2, 0.25) is 0 Å². The van der Waals surface area contributed by atoms with E-state index in [1.54, 1.807) is 0 Å². The van der Waals surface area contributed by atoms with Crippen LogP contribution in [0.3, 0.4) is 0 Å². The standard InChI is InChI=1S/C13H16N2OS/c1-8-4-10(3)12(5-9(8)2)16-6-11-7-17-13(14)15-11/h4-5,7H,6H2,1-3H3,(H2,14,15). The average molecular weight is 248 g/mol. The molecule has 0 spiro atoms. The number of ether oxygens (including phenoxy) is 1. The van der Waals surface area contributed by atoms with Gasteiger partial charge in [0.1, 0.15) is 12.4 Å². The van der Waals surface area contributed by atoms with Crippen LogP contribution in [0, 0.1) is 20.8 Å². The van der Waals surface area contributed by atoms with Crippen LogP contribution in [0.5, 0.6) is 5.75 Å². The van der Waals surface area contributed by atoms with Gasteiger partial charge in [0, 0.05) is 5.38 Å². The largest absolute Gasteiger partial charge is 0.487 e. The predicted molar refractivity (Wildman–Crippen MR) is 71.5 cm³/mol. The van der Waals surface area contributed by atoms with E-state index in [2.05, 4.69) is 37.9 Å². The Morgan fingerprint density at radius 2 is 1.88 bits per heavy atom. The van der Waals surface area contributed by atoms with Crippen molar-refractivity contribution in [3.63, 3.8) is 0 Å². The van der Waals surface area contributed by atoms with Crippen molar-refractivity contribution in [3.05, 3.63) is 39.9 Å². The second kappa shape index (κ2) is 4.75. The molecule has 3 nitrogen and oxygen atoms in total. The minimum Gasteiger partial charge on any atom is -0.487 e. The highest BCUT2D eigenvalue weighted by Gasteiger charge is 2.05. The van der Waals surface area contributed by atoms with Gasteiger partial charge >= 0.3 is 0 Å². The second-order valence-corrected chi connectivity index (χ2v) is 5.06. The zero-order valence-corrected chi connectivity index (χ0v) is 11.1. The Morgan fingerprint density at radius 1 is 1.18 bits per heavy atom. The van der Waals surface area contributed by atoms with E-state index in [1.807, 2.05) is 5.38 Å². The van der Waals surface area contributed by atoms with Crippen LogP contribution in [0.15, 0.2) is 17.5 Å². The van der Waals surface area contributed by atoms with E-state index in [0.717, 1.165) is 17.0 Å². The Hall–Kier alpha value is -1.55. The van der Waals surface area contributed by atoms with Crippen LogP contribution in [0.25, 0.3) is 0 Å². The first kappa shape index (κ1) is 11.9. The van der Waals surface area contributed by atoms with Crippen LogP contribution in [0.4, 0.5) is 5.13 Å². The van der Waals surface area contributed by atoms with Gasteiger partial charge in [-0.2, -0.15) is 0 Å². The summed E-state index contributed by atoms with van der Waals surface area (Å²) in [7, 11) is 0. The fourth-order valence-corrected chi connectivity index (χ4v) is 2.18. The quantitative estimate of drug-likeness (QED) is 0.907. The maximum absolute atomic E-state index is 5.76. The number of aryl methyl sites for hydroxylation is 3. The van der Waals surface area contributed by atoms with E-state index in [4.69, 9.17) is 10.5 Å². The van der Waals surface area contributed by atoms with E-state index >= 15 is 0 Å². The lowest BCUT2D eigenvalue weighted by atomic mass is 10.1. The van der Waals surface area contributed by atoms with Gasteiger partial charge in [0.05, 0.1) is 5.69 Å². The monoisotopic (exact) mass is 248 g/mol. The number of nitrogens with zero attached hydrogens (tertiary/aromatic N) is 1. The Balaban J connectivity index is 2.11. The lowest BCUT2D eigenvalue weighted by Gasteiger charge is -2.10. The summed E-state index contributed by atoms with van der Waals surface area (Å²) in [5.74, 6) is 0.916. The Kier molecular flexibility index (Phi) is 3.33. The van der Waals surface area contributed by atoms with E-state index in [9.17, 15) is 0 Å². The van der Waals surface area contributed by atoms with Gasteiger partial charge in [-0.3, -0.25) is 0 Å². The van der Waals surface area contributed by atoms with Crippen LogP contribution in [0.2, 0.25) is 0 Å². The molecule has 17 heavy (non-hydrogen) atoms. The van der Waals surface area contributed by atoms with Gasteiger partial charge in [0.25, 0.3) is 0 Å². The lowest BCUT2D eigenvalue weighted by molar-refractivity contribution is 0.300. The topological polar surface area (TPSA) is 48.1 Å². The number of nitrogens with two attached hydrogens (primary N) is 1. The number of nitrogen functional groups attached to an aromatic ring is 1. The number of thiazole rings is 1. The Bertz CT molecular complexity index is 534. The number of benzene rings is 1. The van der Waals surface area contributed by atoms with Crippen LogP contribution < -0.4 is 10.5 Å². The maximum Gasteiger partial charge on any atom is 0.180 e. The summed E-state index contributed by atoms with van der Waals surface area (Å²) in [5, 5.41) is 2.51. The molecule has 2 aromatic rings. The Morgan fingerprint density at radius 3 is 2.53 bits per heavy atom. The highest BCUT2D eigenvalue weighted by molar-refractivity contribution is 7.13. The molecular formula is C13H16N2OS. The lowest BCUT2D eigenvalue weighted by Crippen LogP contribution is -1.99. The maximum atomic E-state index is 5.76. The summed E-state index contributed by atoms with van der Waals surface area (Å²) >= 11 is 1.44. The molecule has 0 aliphatic heterocycles. The first-order valence-corrected chi connectivity index (χ1v) is 6.35. The normalized spacial score (nSPS) is 10.5. The Labute approximate surface area is 105 Å². The van der Waals surface area contributed by atoms with Gasteiger partial charge in [-0.1, -0.05) is 6.07 Å². The number of anilines is 1. The van der Waals surface area contributed by atoms with E-state index in [0.29, 0.717) is 11.7 Å². The fourth-order valence-electron chi connectivity index (χ4n) is 1.63. The summed E-state index contributed by atoms with van der Waals surface area (Å²) in [4.78, 5) is 4.17. The predicted octanol–water partition coefficient (Wildman–Crippen LogP) is 3.23. The number of hydrogen-bond acceptors (Lipinski definition) is 4. The highest BCUT2D eigenvalue weighted by atomic mass is 32.1. The SMILES string of the molecule is Cc1cc(C)c(OCc2csc(N)n2)cc1C. The molecule has 0 saturated carbocycles. The molecule has 1 heterocycles. The summed E-state index contributed by atoms with van der Waals surface area (Å²) in [6.07, 6.45) is 0. The van der Waals surface area contributed by atoms with Crippen LogP contribution >= 0.6 is 11.3 Å². The second-order valence-electron chi connectivity index (χ2n) is 4.17. The minimum atomic E-state index is 0.469. The van der Waals surface area contributed by atoms with Gasteiger partial charge < -0.3 is 10.5 Å². The first-order valence-electron chi connectivity index (χ1n) is 5.47. The van der Waals surface area contributed by atoms with E-state index in [-0.39, 0.29) is 0 Å². The van der Waals surface area contributed by atoms with Gasteiger partial charge in [0.15, 0.2) is 5.13 Å². The molecule has 2 N–H and O–H groups in total. The molecule has 1 aromatic heterocycles. The third kappa shape index (κ3) is 2.77. The number of aromatic nitrogens is 1. The highest BCUT2D eigenvalue weighted by Crippen LogP contribution is 2.23. The molecule has 4 heteroatoms. The third-order valence-corrected chi connectivity index (χ3v) is 3.46. The van der Waals surface area contributed by atoms with Crippen LogP contribution in [-0.2, 0) is 6.61 Å². The van der Waals surface area contributed by atoms with Crippen molar-refractivity contribution in [1.82, 2.24) is 4.98 Å². The zero-order valence-electron chi connectivity index (χ0n) is 10.3. The van der Waals surface area contributed by atoms with Crippen LogP contribution in [0.1, 0.15) is 22.4 Å². The molecule has 2 rings (SSSR count). The van der Waals surface area contributed by atoms with Crippen LogP contribution in [-0.4, -0.2) is 4.98 Å². The first-order chi connectivity index (χ1) is 8.06. The zero-order chi connectivity index (χ0) is 12.4. The average Bonchev–Trinajstić information content (AvgIpc) is 2.68. The van der Waals surface area contributed by atoms with Crippen molar-refractivity contribution in [2.24, 2.45) is 0 Å². The van der Waals surface area contributed by atoms with Crippen molar-refractivity contribution < 1.29 is 4.74 Å². The molecular weight excluding hydrogens is 232 g/mol. The molecule has 0 atom stereocenters. The van der Waals surface area contributed by atoms with Crippen molar-refractivity contribution in [3.8, 4) is 5.75 Å². The minimum absolute atomic E-state index is 0.469. The van der Waals surface area contributed by atoms with Gasteiger partial charge in [-0.05, 0) is 43.5 Å². The molecule has 0 fully saturated rings. The molecule has 0 aliphatic carbocycles. The molecule has 0 saturated heterocycles. The summed E-state index contributed by atoms with van der Waals surface area (Å²) in [6, 6.07) is 4.21. The smallest absolute Gasteiger partial charge is 0.180 e. The molecule has 1 aromatic carbocycles. The van der Waals surface area contributed by atoms with E-state index in [1.165, 1.54) is 22.5 Å². The van der Waals surface area contributed by atoms with Crippen molar-refractivity contribution in [1.29, 1.82) is 0 Å². The van der Waals surface area contributed by atoms with Crippen molar-refractivity contribution in [2.45, 2.75) is 27.4 Å². The third-order valence-electron chi connectivity index (χ3n) is 2.74. The molecule has 0 amide bonds. The number of rotatable bonds is 3. The van der Waals surface area contributed by atoms with Gasteiger partial charge in [-0.25, -0.2) is 4.98 Å². The molecule has 0 bridgehead atoms. The molecule has 90 valence electrons. The summed E-state index contributed by atoms with van der Waals surface area (Å²) in [5.41, 5.74) is 10.1. The molecule has 0 radical (unpaired) electrons. The van der Waals surface area contributed by atoms with E-state index < -0.39 is 0 Å². The van der Waals surface area contributed by atoms with Gasteiger partial charge in [-0.15, -0.1) is 11.3 Å². The number of hydrogen-bond donors (Lipinski definition) is 1. The molecule has 0 aliphatic rings. The summed E-state index contributed by atoms with van der Waals surface area (Å²) < 4.78 is 5.76. The molecule has 0 unspecified atom stereocenters. The van der Waals surface area contributed by atoms with Crippen molar-refractivity contribution >= 4 is 16.5 Å². The fraction of sp³-hybridized carbons (Fsp3) is 0.308.